The topological polar surface area (TPSA) is 74.2 Å². The average molecular weight is 285 g/mol. The van der Waals surface area contributed by atoms with Gasteiger partial charge in [0.25, 0.3) is 0 Å². The number of amides is 2. The van der Waals surface area contributed by atoms with Crippen LogP contribution in [-0.2, 0) is 0 Å². The van der Waals surface area contributed by atoms with Crippen LogP contribution in [0, 0.1) is 0 Å². The van der Waals surface area contributed by atoms with E-state index in [1.807, 2.05) is 30.3 Å². The van der Waals surface area contributed by atoms with Gasteiger partial charge in [0.2, 0.25) is 0 Å². The number of urea groups is 1. The minimum atomic E-state index is -0.276. The fourth-order valence-electron chi connectivity index (χ4n) is 2.10. The van der Waals surface area contributed by atoms with Crippen LogP contribution in [-0.4, -0.2) is 29.3 Å². The molecule has 0 aliphatic heterocycles. The van der Waals surface area contributed by atoms with Crippen molar-refractivity contribution in [2.45, 2.75) is 12.3 Å². The predicted octanol–water partition coefficient (Wildman–Crippen LogP) is 2.37. The average Bonchev–Trinajstić information content (AvgIpc) is 2.53. The van der Waals surface area contributed by atoms with E-state index in [9.17, 15) is 4.79 Å². The van der Waals surface area contributed by atoms with E-state index in [4.69, 9.17) is 5.11 Å². The summed E-state index contributed by atoms with van der Waals surface area (Å²) in [4.78, 5) is 15.8. The number of nitrogens with zero attached hydrogens (tertiary/aromatic N) is 1. The Morgan fingerprint density at radius 1 is 1.19 bits per heavy atom. The van der Waals surface area contributed by atoms with Crippen molar-refractivity contribution in [3.63, 3.8) is 0 Å². The highest BCUT2D eigenvalue weighted by Gasteiger charge is 2.12. The maximum atomic E-state index is 11.8. The third kappa shape index (κ3) is 4.89. The molecule has 0 aliphatic carbocycles. The van der Waals surface area contributed by atoms with Crippen molar-refractivity contribution < 1.29 is 9.90 Å². The minimum Gasteiger partial charge on any atom is -0.396 e. The van der Waals surface area contributed by atoms with E-state index in [-0.39, 0.29) is 18.6 Å². The number of aromatic nitrogens is 1. The van der Waals surface area contributed by atoms with E-state index in [0.29, 0.717) is 18.7 Å². The summed E-state index contributed by atoms with van der Waals surface area (Å²) >= 11 is 0. The van der Waals surface area contributed by atoms with Gasteiger partial charge in [-0.15, -0.1) is 0 Å². The van der Waals surface area contributed by atoms with Crippen LogP contribution in [0.1, 0.15) is 17.9 Å². The SMILES string of the molecule is O=C(NC[C@H](CCO)c1ccccc1)Nc1cccnc1. The molecule has 0 unspecified atom stereocenters. The third-order valence-corrected chi connectivity index (χ3v) is 3.18. The number of aliphatic hydroxyl groups excluding tert-OH is 1. The van der Waals surface area contributed by atoms with Crippen molar-refractivity contribution in [2.75, 3.05) is 18.5 Å². The Morgan fingerprint density at radius 3 is 2.67 bits per heavy atom. The molecule has 0 radical (unpaired) electrons. The van der Waals surface area contributed by atoms with Crippen molar-refractivity contribution in [1.29, 1.82) is 0 Å². The van der Waals surface area contributed by atoms with Crippen molar-refractivity contribution in [3.8, 4) is 0 Å². The van der Waals surface area contributed by atoms with E-state index in [0.717, 1.165) is 5.56 Å². The van der Waals surface area contributed by atoms with E-state index < -0.39 is 0 Å². The lowest BCUT2D eigenvalue weighted by Crippen LogP contribution is -2.32. The molecular weight excluding hydrogens is 266 g/mol. The van der Waals surface area contributed by atoms with Gasteiger partial charge in [0.15, 0.2) is 0 Å². The number of nitrogens with one attached hydrogen (secondary N) is 2. The third-order valence-electron chi connectivity index (χ3n) is 3.18. The van der Waals surface area contributed by atoms with Crippen LogP contribution in [0.15, 0.2) is 54.9 Å². The Kier molecular flexibility index (Phi) is 5.72. The molecule has 0 aliphatic rings. The number of pyridine rings is 1. The summed E-state index contributed by atoms with van der Waals surface area (Å²) in [6, 6.07) is 13.1. The molecule has 2 aromatic rings. The van der Waals surface area contributed by atoms with Crippen molar-refractivity contribution in [1.82, 2.24) is 10.3 Å². The van der Waals surface area contributed by atoms with Crippen molar-refractivity contribution in [2.24, 2.45) is 0 Å². The van der Waals surface area contributed by atoms with Gasteiger partial charge in [-0.1, -0.05) is 30.3 Å². The highest BCUT2D eigenvalue weighted by atomic mass is 16.3. The second-order valence-corrected chi connectivity index (χ2v) is 4.70. The molecule has 5 nitrogen and oxygen atoms in total. The fourth-order valence-corrected chi connectivity index (χ4v) is 2.10. The quantitative estimate of drug-likeness (QED) is 0.763. The number of anilines is 1. The second-order valence-electron chi connectivity index (χ2n) is 4.70. The molecular formula is C16H19N3O2. The van der Waals surface area contributed by atoms with Gasteiger partial charge in [0, 0.05) is 25.3 Å². The summed E-state index contributed by atoms with van der Waals surface area (Å²) in [6.45, 7) is 0.558. The Bertz CT molecular complexity index is 546. The number of hydrogen-bond donors (Lipinski definition) is 3. The van der Waals surface area contributed by atoms with Crippen molar-refractivity contribution >= 4 is 11.7 Å². The number of hydrogen-bond acceptors (Lipinski definition) is 3. The van der Waals surface area contributed by atoms with Gasteiger partial charge in [-0.2, -0.15) is 0 Å². The van der Waals surface area contributed by atoms with Gasteiger partial charge < -0.3 is 15.7 Å². The van der Waals surface area contributed by atoms with Crippen molar-refractivity contribution in [3.05, 3.63) is 60.4 Å². The van der Waals surface area contributed by atoms with Gasteiger partial charge in [-0.05, 0) is 24.1 Å². The van der Waals surface area contributed by atoms with E-state index in [2.05, 4.69) is 15.6 Å². The number of rotatable bonds is 6. The predicted molar refractivity (Wildman–Crippen MR) is 82.1 cm³/mol. The van der Waals surface area contributed by atoms with Gasteiger partial charge >= 0.3 is 6.03 Å². The lowest BCUT2D eigenvalue weighted by molar-refractivity contribution is 0.248. The van der Waals surface area contributed by atoms with Crippen LogP contribution < -0.4 is 10.6 Å². The van der Waals surface area contributed by atoms with Gasteiger partial charge in [-0.3, -0.25) is 4.98 Å². The largest absolute Gasteiger partial charge is 0.396 e. The first kappa shape index (κ1) is 15.0. The second kappa shape index (κ2) is 8.01. The monoisotopic (exact) mass is 285 g/mol. The smallest absolute Gasteiger partial charge is 0.319 e. The maximum Gasteiger partial charge on any atom is 0.319 e. The maximum absolute atomic E-state index is 11.8. The lowest BCUT2D eigenvalue weighted by Gasteiger charge is -2.17. The van der Waals surface area contributed by atoms with Gasteiger partial charge in [0.05, 0.1) is 11.9 Å². The molecule has 2 rings (SSSR count). The Morgan fingerprint density at radius 2 is 2.00 bits per heavy atom. The fraction of sp³-hybridized carbons (Fsp3) is 0.250. The van der Waals surface area contributed by atoms with Crippen LogP contribution in [0.5, 0.6) is 0 Å². The highest BCUT2D eigenvalue weighted by Crippen LogP contribution is 2.18. The number of aliphatic hydroxyl groups is 1. The Labute approximate surface area is 124 Å². The summed E-state index contributed by atoms with van der Waals surface area (Å²) in [5.41, 5.74) is 1.75. The van der Waals surface area contributed by atoms with Crippen LogP contribution in [0.2, 0.25) is 0 Å². The molecule has 0 saturated carbocycles. The molecule has 5 heteroatoms. The number of carbonyl (C=O) groups is 1. The lowest BCUT2D eigenvalue weighted by atomic mass is 9.96. The molecule has 0 spiro atoms. The normalized spacial score (nSPS) is 11.7. The number of benzene rings is 1. The van der Waals surface area contributed by atoms with E-state index in [1.54, 1.807) is 24.5 Å². The Balaban J connectivity index is 1.88. The zero-order valence-corrected chi connectivity index (χ0v) is 11.7. The molecule has 3 N–H and O–H groups in total. The first-order valence-corrected chi connectivity index (χ1v) is 6.90. The summed E-state index contributed by atoms with van der Waals surface area (Å²) in [7, 11) is 0. The molecule has 1 atom stereocenters. The molecule has 21 heavy (non-hydrogen) atoms. The van der Waals surface area contributed by atoms with Gasteiger partial charge in [-0.25, -0.2) is 4.79 Å². The van der Waals surface area contributed by atoms with E-state index >= 15 is 0 Å². The van der Waals surface area contributed by atoms with Crippen LogP contribution in [0.3, 0.4) is 0 Å². The highest BCUT2D eigenvalue weighted by molar-refractivity contribution is 5.88. The van der Waals surface area contributed by atoms with E-state index in [1.165, 1.54) is 0 Å². The zero-order chi connectivity index (χ0) is 14.9. The summed E-state index contributed by atoms with van der Waals surface area (Å²) in [5.74, 6) is 0.0934. The standard InChI is InChI=1S/C16H19N3O2/c20-10-8-14(13-5-2-1-3-6-13)11-18-16(21)19-15-7-4-9-17-12-15/h1-7,9,12,14,20H,8,10-11H2,(H2,18,19,21)/t14-/m0/s1. The molecule has 1 heterocycles. The van der Waals surface area contributed by atoms with Crippen LogP contribution in [0.4, 0.5) is 10.5 Å². The van der Waals surface area contributed by atoms with Crippen LogP contribution in [0.25, 0.3) is 0 Å². The van der Waals surface area contributed by atoms with Crippen LogP contribution >= 0.6 is 0 Å². The summed E-state index contributed by atoms with van der Waals surface area (Å²) in [6.07, 6.45) is 3.84. The molecule has 0 saturated heterocycles. The summed E-state index contributed by atoms with van der Waals surface area (Å²) in [5, 5.41) is 14.7. The first-order valence-electron chi connectivity index (χ1n) is 6.90. The Hall–Kier alpha value is -2.40. The summed E-state index contributed by atoms with van der Waals surface area (Å²) < 4.78 is 0. The molecule has 2 amide bonds. The first-order chi connectivity index (χ1) is 10.3. The molecule has 1 aromatic carbocycles. The molecule has 1 aromatic heterocycles. The van der Waals surface area contributed by atoms with Gasteiger partial charge in [0.1, 0.15) is 0 Å². The molecule has 0 fully saturated rings. The molecule has 0 bridgehead atoms. The molecule has 110 valence electrons. The zero-order valence-electron chi connectivity index (χ0n) is 11.7. The number of carbonyl (C=O) groups excluding carboxylic acids is 1. The minimum absolute atomic E-state index is 0.0888.